The van der Waals surface area contributed by atoms with E-state index in [0.717, 1.165) is 50.4 Å². The molecule has 2 aliphatic heterocycles. The predicted molar refractivity (Wildman–Crippen MR) is 134 cm³/mol. The molecule has 198 valence electrons. The summed E-state index contributed by atoms with van der Waals surface area (Å²) in [7, 11) is 3.07. The molecule has 0 aliphatic carbocycles. The van der Waals surface area contributed by atoms with Crippen molar-refractivity contribution in [3.63, 3.8) is 0 Å². The van der Waals surface area contributed by atoms with Gasteiger partial charge in [0.25, 0.3) is 0 Å². The van der Waals surface area contributed by atoms with Crippen LogP contribution in [-0.2, 0) is 32.0 Å². The van der Waals surface area contributed by atoms with Crippen molar-refractivity contribution in [1.29, 1.82) is 0 Å². The van der Waals surface area contributed by atoms with E-state index in [-0.39, 0.29) is 19.0 Å². The number of carbonyl (C=O) groups excluding carboxylic acids is 3. The fourth-order valence-electron chi connectivity index (χ4n) is 4.42. The van der Waals surface area contributed by atoms with Crippen LogP contribution in [0.2, 0.25) is 0 Å². The van der Waals surface area contributed by atoms with Crippen LogP contribution in [0.5, 0.6) is 5.75 Å². The number of benzene rings is 1. The zero-order valence-electron chi connectivity index (χ0n) is 21.7. The van der Waals surface area contributed by atoms with Crippen LogP contribution >= 0.6 is 0 Å². The number of nitrogens with one attached hydrogen (secondary N) is 2. The van der Waals surface area contributed by atoms with E-state index >= 15 is 0 Å². The first-order chi connectivity index (χ1) is 17.3. The Balaban J connectivity index is 1.61. The molecule has 10 heteroatoms. The molecule has 2 N–H and O–H groups in total. The molecule has 0 atom stereocenters. The van der Waals surface area contributed by atoms with E-state index in [2.05, 4.69) is 15.5 Å². The van der Waals surface area contributed by atoms with Gasteiger partial charge >= 0.3 is 18.0 Å². The van der Waals surface area contributed by atoms with Crippen LogP contribution in [0.25, 0.3) is 0 Å². The Kier molecular flexibility index (Phi) is 10.1. The number of rotatable bonds is 11. The van der Waals surface area contributed by atoms with E-state index in [1.165, 1.54) is 7.05 Å². The minimum absolute atomic E-state index is 0.141. The zero-order valence-corrected chi connectivity index (χ0v) is 21.7. The van der Waals surface area contributed by atoms with E-state index < -0.39 is 12.0 Å². The third-order valence-corrected chi connectivity index (χ3v) is 6.51. The molecule has 2 aliphatic rings. The first-order valence-electron chi connectivity index (χ1n) is 12.3. The van der Waals surface area contributed by atoms with Crippen molar-refractivity contribution in [1.82, 2.24) is 10.2 Å². The minimum atomic E-state index is -0.472. The predicted octanol–water partition coefficient (Wildman–Crippen LogP) is 2.96. The van der Waals surface area contributed by atoms with Crippen LogP contribution in [0.15, 0.2) is 11.6 Å². The largest absolute Gasteiger partial charge is 0.496 e. The average Bonchev–Trinajstić information content (AvgIpc) is 3.28. The van der Waals surface area contributed by atoms with Crippen LogP contribution in [0.4, 0.5) is 10.5 Å². The molecule has 1 saturated heterocycles. The summed E-state index contributed by atoms with van der Waals surface area (Å²) < 4.78 is 21.6. The number of anilines is 1. The molecule has 0 aromatic heterocycles. The van der Waals surface area contributed by atoms with Crippen LogP contribution in [0.3, 0.4) is 0 Å². The van der Waals surface area contributed by atoms with Crippen LogP contribution in [-0.4, -0.2) is 76.5 Å². The van der Waals surface area contributed by atoms with Crippen molar-refractivity contribution in [2.24, 2.45) is 0 Å². The fraction of sp³-hybridized carbons (Fsp3) is 0.577. The van der Waals surface area contributed by atoms with Crippen LogP contribution < -0.4 is 15.4 Å². The maximum atomic E-state index is 12.5. The summed E-state index contributed by atoms with van der Waals surface area (Å²) >= 11 is 0. The Morgan fingerprint density at radius 1 is 1.19 bits per heavy atom. The van der Waals surface area contributed by atoms with E-state index in [9.17, 15) is 14.4 Å². The Morgan fingerprint density at radius 2 is 1.94 bits per heavy atom. The number of carbonyl (C=O) groups is 3. The molecule has 0 saturated carbocycles. The second kappa shape index (κ2) is 13.3. The van der Waals surface area contributed by atoms with Crippen molar-refractivity contribution >= 4 is 23.7 Å². The number of amides is 2. The van der Waals surface area contributed by atoms with Crippen molar-refractivity contribution < 1.29 is 33.3 Å². The van der Waals surface area contributed by atoms with Crippen molar-refractivity contribution in [2.75, 3.05) is 58.9 Å². The summed E-state index contributed by atoms with van der Waals surface area (Å²) in [5.41, 5.74) is 3.94. The molecule has 0 spiro atoms. The van der Waals surface area contributed by atoms with Gasteiger partial charge in [0, 0.05) is 44.2 Å². The highest BCUT2D eigenvalue weighted by atomic mass is 16.5. The van der Waals surface area contributed by atoms with Gasteiger partial charge in [-0.15, -0.1) is 0 Å². The normalized spacial score (nSPS) is 15.8. The Hall–Kier alpha value is -3.11. The maximum absolute atomic E-state index is 12.5. The van der Waals surface area contributed by atoms with Gasteiger partial charge in [-0.3, -0.25) is 9.69 Å². The lowest BCUT2D eigenvalue weighted by molar-refractivity contribution is -0.143. The molecule has 36 heavy (non-hydrogen) atoms. The van der Waals surface area contributed by atoms with Gasteiger partial charge < -0.3 is 29.6 Å². The van der Waals surface area contributed by atoms with Gasteiger partial charge in [0.05, 0.1) is 38.2 Å². The number of esters is 2. The van der Waals surface area contributed by atoms with Crippen LogP contribution in [0.1, 0.15) is 53.2 Å². The third-order valence-electron chi connectivity index (χ3n) is 6.51. The van der Waals surface area contributed by atoms with Gasteiger partial charge in [0.2, 0.25) is 0 Å². The van der Waals surface area contributed by atoms with Crippen molar-refractivity contribution in [3.8, 4) is 5.75 Å². The molecule has 0 unspecified atom stereocenters. The standard InChI is InChI=1S/C26H37N3O7/c1-17(7-9-21(30)35-13-5-10-29-11-14-34-15-12-29)6-8-19-23(28-26(32)27-3)22-20(16-36-25(22)31)18(2)24(19)33-4/h6H,5,7-16H2,1-4H3,(H2,27,28,32)/b17-6+. The second-order valence-electron chi connectivity index (χ2n) is 8.93. The van der Waals surface area contributed by atoms with Crippen LogP contribution in [0, 0.1) is 6.92 Å². The number of allylic oxidation sites excluding steroid dienone is 2. The Bertz CT molecular complexity index is 1000. The van der Waals surface area contributed by atoms with Gasteiger partial charge in [-0.25, -0.2) is 9.59 Å². The summed E-state index contributed by atoms with van der Waals surface area (Å²) in [5, 5.41) is 5.29. The number of ether oxygens (including phenoxy) is 4. The lowest BCUT2D eigenvalue weighted by atomic mass is 9.93. The topological polar surface area (TPSA) is 115 Å². The zero-order chi connectivity index (χ0) is 26.1. The van der Waals surface area contributed by atoms with E-state index in [4.69, 9.17) is 18.9 Å². The van der Waals surface area contributed by atoms with Gasteiger partial charge in [0.1, 0.15) is 12.4 Å². The Morgan fingerprint density at radius 3 is 2.64 bits per heavy atom. The van der Waals surface area contributed by atoms with E-state index in [0.29, 0.717) is 47.6 Å². The molecule has 1 fully saturated rings. The summed E-state index contributed by atoms with van der Waals surface area (Å²) in [6.07, 6.45) is 4.03. The number of urea groups is 1. The highest BCUT2D eigenvalue weighted by Gasteiger charge is 2.32. The molecular weight excluding hydrogens is 466 g/mol. The summed E-state index contributed by atoms with van der Waals surface area (Å²) in [5.74, 6) is -0.0944. The average molecular weight is 504 g/mol. The minimum Gasteiger partial charge on any atom is -0.496 e. The first-order valence-corrected chi connectivity index (χ1v) is 12.3. The van der Waals surface area contributed by atoms with Crippen molar-refractivity contribution in [3.05, 3.63) is 33.9 Å². The van der Waals surface area contributed by atoms with Gasteiger partial charge in [-0.1, -0.05) is 11.6 Å². The SMILES string of the molecule is CNC(=O)Nc1c(C/C=C(\C)CCC(=O)OCCCN2CCOCC2)c(OC)c(C)c2c1C(=O)OC2. The molecule has 3 rings (SSSR count). The Labute approximate surface area is 212 Å². The maximum Gasteiger partial charge on any atom is 0.341 e. The summed E-state index contributed by atoms with van der Waals surface area (Å²) in [4.78, 5) is 39.1. The monoisotopic (exact) mass is 503 g/mol. The molecule has 2 amide bonds. The molecule has 1 aromatic rings. The van der Waals surface area contributed by atoms with Gasteiger partial charge in [-0.2, -0.15) is 0 Å². The number of morpholine rings is 1. The van der Waals surface area contributed by atoms with Gasteiger partial charge in [0.15, 0.2) is 0 Å². The molecule has 1 aromatic carbocycles. The van der Waals surface area contributed by atoms with Gasteiger partial charge in [-0.05, 0) is 38.7 Å². The quantitative estimate of drug-likeness (QED) is 0.269. The lowest BCUT2D eigenvalue weighted by Crippen LogP contribution is -2.37. The molecule has 10 nitrogen and oxygen atoms in total. The number of hydrogen-bond donors (Lipinski definition) is 2. The smallest absolute Gasteiger partial charge is 0.341 e. The van der Waals surface area contributed by atoms with Crippen molar-refractivity contribution in [2.45, 2.75) is 46.1 Å². The third kappa shape index (κ3) is 6.98. The molecule has 2 heterocycles. The lowest BCUT2D eigenvalue weighted by Gasteiger charge is -2.26. The number of fused-ring (bicyclic) bond motifs is 1. The fourth-order valence-corrected chi connectivity index (χ4v) is 4.42. The second-order valence-corrected chi connectivity index (χ2v) is 8.93. The number of nitrogens with zero attached hydrogens (tertiary/aromatic N) is 1. The number of hydrogen-bond acceptors (Lipinski definition) is 8. The molecule has 0 radical (unpaired) electrons. The summed E-state index contributed by atoms with van der Waals surface area (Å²) in [6, 6.07) is -0.443. The highest BCUT2D eigenvalue weighted by Crippen LogP contribution is 2.41. The molecular formula is C26H37N3O7. The first kappa shape index (κ1) is 27.5. The molecule has 0 bridgehead atoms. The van der Waals surface area contributed by atoms with E-state index in [1.807, 2.05) is 19.9 Å². The number of methoxy groups -OCH3 is 1. The van der Waals surface area contributed by atoms with E-state index in [1.54, 1.807) is 7.11 Å². The highest BCUT2D eigenvalue weighted by molar-refractivity contribution is 6.05. The summed E-state index contributed by atoms with van der Waals surface area (Å²) in [6.45, 7) is 8.64. The number of cyclic esters (lactones) is 1.